The summed E-state index contributed by atoms with van der Waals surface area (Å²) in [6, 6.07) is 11.3. The fourth-order valence-electron chi connectivity index (χ4n) is 2.75. The van der Waals surface area contributed by atoms with E-state index in [4.69, 9.17) is 4.74 Å². The Morgan fingerprint density at radius 3 is 2.74 bits per heavy atom. The van der Waals surface area contributed by atoms with Gasteiger partial charge in [0, 0.05) is 23.6 Å². The van der Waals surface area contributed by atoms with Crippen LogP contribution in [0.2, 0.25) is 0 Å². The normalized spacial score (nSPS) is 11.4. The summed E-state index contributed by atoms with van der Waals surface area (Å²) in [6.07, 6.45) is 2.77. The number of H-pyrrole nitrogens is 1. The molecule has 0 saturated carbocycles. The van der Waals surface area contributed by atoms with Crippen LogP contribution in [0, 0.1) is 10.1 Å². The van der Waals surface area contributed by atoms with Crippen LogP contribution in [0.4, 0.5) is 5.69 Å². The predicted molar refractivity (Wildman–Crippen MR) is 101 cm³/mol. The molecule has 0 saturated heterocycles. The number of nitrogens with one attached hydrogen (secondary N) is 1. The van der Waals surface area contributed by atoms with Crippen molar-refractivity contribution in [2.45, 2.75) is 0 Å². The molecule has 2 heterocycles. The van der Waals surface area contributed by atoms with Crippen LogP contribution in [0.25, 0.3) is 21.9 Å². The summed E-state index contributed by atoms with van der Waals surface area (Å²) in [5.74, 6) is 0.672. The minimum atomic E-state index is -0.478. The Bertz CT molecular complexity index is 1250. The number of methoxy groups -OCH3 is 1. The Balaban J connectivity index is 1.74. The van der Waals surface area contributed by atoms with Gasteiger partial charge in [0.1, 0.15) is 23.1 Å². The zero-order chi connectivity index (χ0) is 19.0. The molecule has 2 aromatic heterocycles. The molecule has 0 aliphatic carbocycles. The van der Waals surface area contributed by atoms with Crippen LogP contribution in [-0.2, 0) is 0 Å². The van der Waals surface area contributed by atoms with Gasteiger partial charge in [-0.2, -0.15) is 9.78 Å². The summed E-state index contributed by atoms with van der Waals surface area (Å²) in [5.41, 5.74) is 1.88. The summed E-state index contributed by atoms with van der Waals surface area (Å²) in [6.45, 7) is 0. The number of fused-ring (bicyclic) bond motifs is 3. The van der Waals surface area contributed by atoms with Crippen molar-refractivity contribution >= 4 is 33.8 Å². The Labute approximate surface area is 151 Å². The smallest absolute Gasteiger partial charge is 0.298 e. The van der Waals surface area contributed by atoms with Crippen LogP contribution in [-0.4, -0.2) is 32.9 Å². The molecule has 9 nitrogen and oxygen atoms in total. The van der Waals surface area contributed by atoms with Crippen LogP contribution in [0.5, 0.6) is 5.75 Å². The highest BCUT2D eigenvalue weighted by Crippen LogP contribution is 2.25. The third-order valence-electron chi connectivity index (χ3n) is 4.13. The van der Waals surface area contributed by atoms with Gasteiger partial charge in [-0.1, -0.05) is 0 Å². The first-order valence-electron chi connectivity index (χ1n) is 7.93. The quantitative estimate of drug-likeness (QED) is 0.340. The minimum Gasteiger partial charge on any atom is -0.497 e. The van der Waals surface area contributed by atoms with E-state index >= 15 is 0 Å². The van der Waals surface area contributed by atoms with Crippen LogP contribution in [0.3, 0.4) is 0 Å². The summed E-state index contributed by atoms with van der Waals surface area (Å²) >= 11 is 0. The van der Waals surface area contributed by atoms with Gasteiger partial charge < -0.3 is 9.72 Å². The molecule has 0 bridgehead atoms. The van der Waals surface area contributed by atoms with Gasteiger partial charge in [-0.15, -0.1) is 0 Å². The molecule has 27 heavy (non-hydrogen) atoms. The number of rotatable bonds is 4. The number of hydrogen-bond acceptors (Lipinski definition) is 6. The maximum atomic E-state index is 12.7. The number of nitro benzene ring substituents is 1. The Hall–Kier alpha value is -4.01. The molecule has 0 spiro atoms. The maximum absolute atomic E-state index is 12.7. The molecule has 2 aromatic carbocycles. The first-order chi connectivity index (χ1) is 13.1. The topological polar surface area (TPSA) is 115 Å². The number of hydrogen-bond donors (Lipinski definition) is 1. The zero-order valence-corrected chi connectivity index (χ0v) is 14.1. The van der Waals surface area contributed by atoms with E-state index in [1.807, 2.05) is 6.07 Å². The molecule has 134 valence electrons. The van der Waals surface area contributed by atoms with Crippen LogP contribution in [0.15, 0.2) is 58.7 Å². The molecule has 1 N–H and O–H groups in total. The number of aromatic nitrogens is 3. The van der Waals surface area contributed by atoms with Crippen molar-refractivity contribution in [3.05, 3.63) is 74.8 Å². The van der Waals surface area contributed by atoms with E-state index in [0.29, 0.717) is 22.3 Å². The Morgan fingerprint density at radius 1 is 1.26 bits per heavy atom. The number of ether oxygens (including phenoxy) is 1. The van der Waals surface area contributed by atoms with E-state index < -0.39 is 4.92 Å². The molecule has 0 unspecified atom stereocenters. The highest BCUT2D eigenvalue weighted by Gasteiger charge is 2.11. The largest absolute Gasteiger partial charge is 0.497 e. The summed E-state index contributed by atoms with van der Waals surface area (Å²) < 4.78 is 6.30. The van der Waals surface area contributed by atoms with E-state index in [2.05, 4.69) is 15.1 Å². The molecule has 0 atom stereocenters. The number of aromatic amines is 1. The Kier molecular flexibility index (Phi) is 3.88. The second-order valence-electron chi connectivity index (χ2n) is 5.75. The van der Waals surface area contributed by atoms with Gasteiger partial charge in [0.25, 0.3) is 11.2 Å². The lowest BCUT2D eigenvalue weighted by atomic mass is 10.2. The van der Waals surface area contributed by atoms with E-state index in [-0.39, 0.29) is 11.2 Å². The molecular formula is C18H13N5O4. The SMILES string of the molecule is COc1ccc2c(c1)[nH]c1c(=O)n(/N=C/c3ccc([N+](=O)[O-])cc3)cnc12. The predicted octanol–water partition coefficient (Wildman–Crippen LogP) is 2.68. The molecule has 0 aliphatic heterocycles. The second kappa shape index (κ2) is 6.37. The summed E-state index contributed by atoms with van der Waals surface area (Å²) in [4.78, 5) is 30.3. The van der Waals surface area contributed by atoms with Crippen LogP contribution in [0.1, 0.15) is 5.56 Å². The van der Waals surface area contributed by atoms with Gasteiger partial charge >= 0.3 is 0 Å². The fourth-order valence-corrected chi connectivity index (χ4v) is 2.75. The van der Waals surface area contributed by atoms with Gasteiger partial charge in [-0.3, -0.25) is 14.9 Å². The molecule has 0 amide bonds. The van der Waals surface area contributed by atoms with E-state index in [1.54, 1.807) is 31.4 Å². The lowest BCUT2D eigenvalue weighted by molar-refractivity contribution is -0.384. The fraction of sp³-hybridized carbons (Fsp3) is 0.0556. The highest BCUT2D eigenvalue weighted by atomic mass is 16.6. The lowest BCUT2D eigenvalue weighted by Gasteiger charge is -1.98. The van der Waals surface area contributed by atoms with Gasteiger partial charge in [-0.25, -0.2) is 4.98 Å². The third-order valence-corrected chi connectivity index (χ3v) is 4.13. The van der Waals surface area contributed by atoms with E-state index in [1.165, 1.54) is 24.7 Å². The zero-order valence-electron chi connectivity index (χ0n) is 14.1. The van der Waals surface area contributed by atoms with Crippen molar-refractivity contribution in [2.75, 3.05) is 7.11 Å². The average Bonchev–Trinajstić information content (AvgIpc) is 3.06. The van der Waals surface area contributed by atoms with Crippen molar-refractivity contribution in [3.63, 3.8) is 0 Å². The van der Waals surface area contributed by atoms with Crippen molar-refractivity contribution < 1.29 is 9.66 Å². The summed E-state index contributed by atoms with van der Waals surface area (Å²) in [5, 5.41) is 15.6. The Morgan fingerprint density at radius 2 is 2.04 bits per heavy atom. The molecular weight excluding hydrogens is 350 g/mol. The standard InChI is InChI=1S/C18H13N5O4/c1-27-13-6-7-14-15(8-13)21-17-16(14)19-10-22(18(17)24)20-9-11-2-4-12(5-3-11)23(25)26/h2-10,21H,1H3/b20-9+. The van der Waals surface area contributed by atoms with Crippen molar-refractivity contribution in [2.24, 2.45) is 5.10 Å². The molecule has 0 fully saturated rings. The van der Waals surface area contributed by atoms with Crippen molar-refractivity contribution in [1.29, 1.82) is 0 Å². The number of nitrogens with zero attached hydrogens (tertiary/aromatic N) is 4. The minimum absolute atomic E-state index is 0.0130. The van der Waals surface area contributed by atoms with Crippen molar-refractivity contribution in [1.82, 2.24) is 14.6 Å². The second-order valence-corrected chi connectivity index (χ2v) is 5.75. The molecule has 4 aromatic rings. The highest BCUT2D eigenvalue weighted by molar-refractivity contribution is 6.04. The van der Waals surface area contributed by atoms with Gasteiger partial charge in [0.05, 0.1) is 23.8 Å². The van der Waals surface area contributed by atoms with Crippen LogP contribution < -0.4 is 10.3 Å². The third kappa shape index (κ3) is 2.91. The van der Waals surface area contributed by atoms with Crippen molar-refractivity contribution in [3.8, 4) is 5.75 Å². The van der Waals surface area contributed by atoms with E-state index in [9.17, 15) is 14.9 Å². The number of benzene rings is 2. The summed E-state index contributed by atoms with van der Waals surface area (Å²) in [7, 11) is 1.57. The molecule has 4 rings (SSSR count). The van der Waals surface area contributed by atoms with Gasteiger partial charge in [-0.05, 0) is 29.8 Å². The van der Waals surface area contributed by atoms with Gasteiger partial charge in [0.2, 0.25) is 0 Å². The monoisotopic (exact) mass is 363 g/mol. The maximum Gasteiger partial charge on any atom is 0.298 e. The lowest BCUT2D eigenvalue weighted by Crippen LogP contribution is -2.17. The first-order valence-corrected chi connectivity index (χ1v) is 7.93. The van der Waals surface area contributed by atoms with Crippen LogP contribution >= 0.6 is 0 Å². The van der Waals surface area contributed by atoms with Gasteiger partial charge in [0.15, 0.2) is 0 Å². The first kappa shape index (κ1) is 16.5. The number of non-ortho nitro benzene ring substituents is 1. The average molecular weight is 363 g/mol. The molecule has 9 heteroatoms. The number of nitro groups is 1. The molecule has 0 aliphatic rings. The molecule has 0 radical (unpaired) electrons. The van der Waals surface area contributed by atoms with E-state index in [0.717, 1.165) is 15.6 Å².